The number of halogens is 3. The molecule has 6 nitrogen and oxygen atoms in total. The fourth-order valence-corrected chi connectivity index (χ4v) is 4.07. The number of amides is 2. The first-order chi connectivity index (χ1) is 16.7. The molecule has 3 aromatic rings. The van der Waals surface area contributed by atoms with Gasteiger partial charge in [-0.25, -0.2) is 5.43 Å². The van der Waals surface area contributed by atoms with Crippen molar-refractivity contribution in [2.75, 3.05) is 0 Å². The molecule has 0 aliphatic carbocycles. The number of nitrogens with one attached hydrogen (secondary N) is 2. The lowest BCUT2D eigenvalue weighted by Gasteiger charge is -2.20. The summed E-state index contributed by atoms with van der Waals surface area (Å²) in [6.07, 6.45) is 1.51. The Hall–Kier alpha value is -2.87. The smallest absolute Gasteiger partial charge is 0.262 e. The predicted octanol–water partition coefficient (Wildman–Crippen LogP) is 6.24. The first kappa shape index (κ1) is 26.7. The van der Waals surface area contributed by atoms with Crippen LogP contribution in [0.5, 0.6) is 5.75 Å². The third kappa shape index (κ3) is 7.82. The topological polar surface area (TPSA) is 79.8 Å². The summed E-state index contributed by atoms with van der Waals surface area (Å²) in [5, 5.41) is 7.91. The van der Waals surface area contributed by atoms with Gasteiger partial charge in [-0.3, -0.25) is 9.59 Å². The maximum Gasteiger partial charge on any atom is 0.262 e. The minimum atomic E-state index is -0.734. The highest BCUT2D eigenvalue weighted by atomic mass is 79.9. The van der Waals surface area contributed by atoms with Gasteiger partial charge in [-0.05, 0) is 69.9 Å². The van der Waals surface area contributed by atoms with E-state index in [1.807, 2.05) is 32.0 Å². The van der Waals surface area contributed by atoms with Crippen LogP contribution in [-0.2, 0) is 11.4 Å². The molecule has 0 heterocycles. The second-order valence-electron chi connectivity index (χ2n) is 8.01. The predicted molar refractivity (Wildman–Crippen MR) is 143 cm³/mol. The van der Waals surface area contributed by atoms with Gasteiger partial charge in [0.05, 0.1) is 10.7 Å². The summed E-state index contributed by atoms with van der Waals surface area (Å²) in [5.74, 6) is -0.222. The Morgan fingerprint density at radius 3 is 2.46 bits per heavy atom. The molecule has 0 aromatic heterocycles. The van der Waals surface area contributed by atoms with E-state index in [0.717, 1.165) is 11.1 Å². The molecule has 0 spiro atoms. The van der Waals surface area contributed by atoms with E-state index >= 15 is 0 Å². The second-order valence-corrected chi connectivity index (χ2v) is 9.71. The molecule has 0 saturated carbocycles. The fourth-order valence-electron chi connectivity index (χ4n) is 3.10. The molecule has 2 amide bonds. The van der Waals surface area contributed by atoms with Gasteiger partial charge in [0.25, 0.3) is 11.8 Å². The summed E-state index contributed by atoms with van der Waals surface area (Å²) in [6.45, 7) is 3.99. The Balaban J connectivity index is 1.58. The third-order valence-corrected chi connectivity index (χ3v) is 6.22. The number of nitrogens with zero attached hydrogens (tertiary/aromatic N) is 1. The van der Waals surface area contributed by atoms with Gasteiger partial charge < -0.3 is 10.1 Å². The minimum Gasteiger partial charge on any atom is -0.488 e. The van der Waals surface area contributed by atoms with Gasteiger partial charge in [-0.15, -0.1) is 0 Å². The van der Waals surface area contributed by atoms with Gasteiger partial charge in [0.1, 0.15) is 18.4 Å². The van der Waals surface area contributed by atoms with Crippen LogP contribution < -0.4 is 15.5 Å². The van der Waals surface area contributed by atoms with E-state index < -0.39 is 11.9 Å². The molecular formula is C26H24BrCl2N3O3. The average molecular weight is 577 g/mol. The third-order valence-electron chi connectivity index (χ3n) is 5.01. The van der Waals surface area contributed by atoms with Gasteiger partial charge in [0.2, 0.25) is 0 Å². The maximum absolute atomic E-state index is 12.6. The lowest BCUT2D eigenvalue weighted by Crippen LogP contribution is -2.48. The number of ether oxygens (including phenoxy) is 1. The van der Waals surface area contributed by atoms with Crippen LogP contribution in [0, 0.1) is 5.92 Å². The lowest BCUT2D eigenvalue weighted by molar-refractivity contribution is -0.123. The molecule has 3 rings (SSSR count). The second kappa shape index (κ2) is 12.7. The normalized spacial score (nSPS) is 11.9. The maximum atomic E-state index is 12.6. The SMILES string of the molecule is CC(C)C(NC(=O)c1ccccc1)C(=O)NN=Cc1ccc(OCc2ccc(Cl)cc2Cl)c(Br)c1. The Morgan fingerprint density at radius 2 is 1.80 bits per heavy atom. The van der Waals surface area contributed by atoms with Crippen molar-refractivity contribution in [2.45, 2.75) is 26.5 Å². The van der Waals surface area contributed by atoms with E-state index in [-0.39, 0.29) is 18.4 Å². The molecule has 0 bridgehead atoms. The summed E-state index contributed by atoms with van der Waals surface area (Å²) < 4.78 is 6.56. The van der Waals surface area contributed by atoms with E-state index in [0.29, 0.717) is 25.8 Å². The largest absolute Gasteiger partial charge is 0.488 e. The quantitative estimate of drug-likeness (QED) is 0.234. The van der Waals surface area contributed by atoms with E-state index in [9.17, 15) is 9.59 Å². The molecule has 0 radical (unpaired) electrons. The fraction of sp³-hybridized carbons (Fsp3) is 0.192. The number of hydrogen-bond acceptors (Lipinski definition) is 4. The summed E-state index contributed by atoms with van der Waals surface area (Å²) >= 11 is 15.6. The van der Waals surface area contributed by atoms with Crippen LogP contribution in [0.25, 0.3) is 0 Å². The van der Waals surface area contributed by atoms with E-state index in [2.05, 4.69) is 31.8 Å². The zero-order valence-electron chi connectivity index (χ0n) is 19.1. The molecule has 9 heteroatoms. The standard InChI is InChI=1S/C26H24BrCl2N3O3/c1-16(2)24(31-25(33)18-6-4-3-5-7-18)26(34)32-30-14-17-8-11-23(21(27)12-17)35-15-19-9-10-20(28)13-22(19)29/h3-14,16,24H,15H2,1-2H3,(H,31,33)(H,32,34). The van der Waals surface area contributed by atoms with Crippen LogP contribution in [0.2, 0.25) is 10.0 Å². The number of hydrazone groups is 1. The van der Waals surface area contributed by atoms with E-state index in [1.165, 1.54) is 6.21 Å². The molecule has 182 valence electrons. The van der Waals surface area contributed by atoms with Crippen molar-refractivity contribution in [1.29, 1.82) is 0 Å². The van der Waals surface area contributed by atoms with Crippen LogP contribution in [0.1, 0.15) is 35.3 Å². The lowest BCUT2D eigenvalue weighted by atomic mass is 10.0. The van der Waals surface area contributed by atoms with Crippen LogP contribution in [-0.4, -0.2) is 24.1 Å². The highest BCUT2D eigenvalue weighted by molar-refractivity contribution is 9.10. The molecule has 2 N–H and O–H groups in total. The molecule has 0 saturated heterocycles. The molecule has 35 heavy (non-hydrogen) atoms. The first-order valence-electron chi connectivity index (χ1n) is 10.8. The van der Waals surface area contributed by atoms with E-state index in [1.54, 1.807) is 48.5 Å². The van der Waals surface area contributed by atoms with Crippen molar-refractivity contribution < 1.29 is 14.3 Å². The van der Waals surface area contributed by atoms with Crippen molar-refractivity contribution in [1.82, 2.24) is 10.7 Å². The number of carbonyl (C=O) groups excluding carboxylic acids is 2. The van der Waals surface area contributed by atoms with Gasteiger partial charge >= 0.3 is 0 Å². The Labute approximate surface area is 222 Å². The zero-order valence-corrected chi connectivity index (χ0v) is 22.2. The molecule has 0 aliphatic rings. The van der Waals surface area contributed by atoms with Crippen molar-refractivity contribution in [3.8, 4) is 5.75 Å². The number of hydrogen-bond donors (Lipinski definition) is 2. The first-order valence-corrected chi connectivity index (χ1v) is 12.3. The monoisotopic (exact) mass is 575 g/mol. The molecule has 1 atom stereocenters. The van der Waals surface area contributed by atoms with Crippen LogP contribution in [0.4, 0.5) is 0 Å². The Kier molecular flexibility index (Phi) is 9.72. The van der Waals surface area contributed by atoms with Crippen LogP contribution in [0.15, 0.2) is 76.3 Å². The molecule has 0 fully saturated rings. The van der Waals surface area contributed by atoms with Crippen molar-refractivity contribution >= 4 is 57.2 Å². The summed E-state index contributed by atoms with van der Waals surface area (Å²) in [4.78, 5) is 25.1. The van der Waals surface area contributed by atoms with Crippen molar-refractivity contribution in [3.05, 3.63) is 97.9 Å². The van der Waals surface area contributed by atoms with E-state index in [4.69, 9.17) is 27.9 Å². The molecule has 0 aliphatic heterocycles. The molecule has 1 unspecified atom stereocenters. The average Bonchev–Trinajstić information content (AvgIpc) is 2.83. The van der Waals surface area contributed by atoms with Gasteiger partial charge in [-0.2, -0.15) is 5.10 Å². The number of carbonyl (C=O) groups is 2. The molecular weight excluding hydrogens is 553 g/mol. The summed E-state index contributed by atoms with van der Waals surface area (Å²) in [5.41, 5.74) is 4.55. The Morgan fingerprint density at radius 1 is 1.06 bits per heavy atom. The highest BCUT2D eigenvalue weighted by Crippen LogP contribution is 2.28. The Bertz CT molecular complexity index is 1220. The minimum absolute atomic E-state index is 0.127. The van der Waals surface area contributed by atoms with Crippen molar-refractivity contribution in [3.63, 3.8) is 0 Å². The number of rotatable bonds is 9. The molecule has 3 aromatic carbocycles. The highest BCUT2D eigenvalue weighted by Gasteiger charge is 2.24. The zero-order chi connectivity index (χ0) is 25.4. The van der Waals surface area contributed by atoms with Crippen LogP contribution >= 0.6 is 39.1 Å². The number of benzene rings is 3. The summed E-state index contributed by atoms with van der Waals surface area (Å²) in [7, 11) is 0. The van der Waals surface area contributed by atoms with Gasteiger partial charge in [0.15, 0.2) is 0 Å². The summed E-state index contributed by atoms with van der Waals surface area (Å²) in [6, 6.07) is 18.6. The van der Waals surface area contributed by atoms with Crippen molar-refractivity contribution in [2.24, 2.45) is 11.0 Å². The van der Waals surface area contributed by atoms with Gasteiger partial charge in [0, 0.05) is 21.2 Å². The van der Waals surface area contributed by atoms with Gasteiger partial charge in [-0.1, -0.05) is 61.3 Å². The van der Waals surface area contributed by atoms with Crippen LogP contribution in [0.3, 0.4) is 0 Å².